The molecular formula is C13H17N3O4. The van der Waals surface area contributed by atoms with E-state index in [-0.39, 0.29) is 12.7 Å². The zero-order valence-corrected chi connectivity index (χ0v) is 11.2. The van der Waals surface area contributed by atoms with Crippen LogP contribution >= 0.6 is 0 Å². The van der Waals surface area contributed by atoms with Crippen molar-refractivity contribution in [3.05, 3.63) is 30.1 Å². The van der Waals surface area contributed by atoms with Crippen molar-refractivity contribution in [2.75, 3.05) is 26.6 Å². The van der Waals surface area contributed by atoms with Gasteiger partial charge in [-0.05, 0) is 19.1 Å². The Hall–Kier alpha value is -1.99. The van der Waals surface area contributed by atoms with Crippen LogP contribution in [0.15, 0.2) is 29.6 Å². The van der Waals surface area contributed by atoms with Gasteiger partial charge in [0.25, 0.3) is 0 Å². The summed E-state index contributed by atoms with van der Waals surface area (Å²) in [6.07, 6.45) is 2.76. The zero-order valence-electron chi connectivity index (χ0n) is 11.2. The number of carbonyl (C=O) groups excluding carboxylic acids is 1. The SMILES string of the molecule is CCOC(=O)NN=C(c1cccnc1)C1COCOC1. The van der Waals surface area contributed by atoms with Gasteiger partial charge in [-0.25, -0.2) is 10.2 Å². The second-order valence-corrected chi connectivity index (χ2v) is 4.13. The second-order valence-electron chi connectivity index (χ2n) is 4.13. The van der Waals surface area contributed by atoms with Gasteiger partial charge in [0.1, 0.15) is 6.79 Å². The van der Waals surface area contributed by atoms with Crippen molar-refractivity contribution >= 4 is 11.8 Å². The number of hydrazone groups is 1. The van der Waals surface area contributed by atoms with Crippen LogP contribution in [0, 0.1) is 5.92 Å². The van der Waals surface area contributed by atoms with Gasteiger partial charge in [0.2, 0.25) is 0 Å². The van der Waals surface area contributed by atoms with E-state index in [0.717, 1.165) is 5.56 Å². The third kappa shape index (κ3) is 4.01. The molecule has 0 saturated carbocycles. The van der Waals surface area contributed by atoms with Crippen LogP contribution in [-0.4, -0.2) is 43.4 Å². The maximum absolute atomic E-state index is 11.3. The minimum atomic E-state index is -0.591. The molecule has 0 bridgehead atoms. The fraction of sp³-hybridized carbons (Fsp3) is 0.462. The molecule has 0 atom stereocenters. The van der Waals surface area contributed by atoms with Gasteiger partial charge in [-0.3, -0.25) is 4.98 Å². The molecule has 1 N–H and O–H groups in total. The second kappa shape index (κ2) is 7.56. The van der Waals surface area contributed by atoms with Gasteiger partial charge in [0.05, 0.1) is 31.5 Å². The molecule has 1 aliphatic rings. The number of aromatic nitrogens is 1. The molecule has 7 heteroatoms. The number of nitrogens with zero attached hydrogens (tertiary/aromatic N) is 2. The van der Waals surface area contributed by atoms with E-state index in [0.29, 0.717) is 25.5 Å². The van der Waals surface area contributed by atoms with Crippen molar-refractivity contribution in [3.63, 3.8) is 0 Å². The fourth-order valence-electron chi connectivity index (χ4n) is 1.82. The lowest BCUT2D eigenvalue weighted by molar-refractivity contribution is -0.111. The Labute approximate surface area is 116 Å². The smallest absolute Gasteiger partial charge is 0.427 e. The van der Waals surface area contributed by atoms with E-state index in [1.807, 2.05) is 6.07 Å². The first kappa shape index (κ1) is 14.4. The van der Waals surface area contributed by atoms with Crippen molar-refractivity contribution < 1.29 is 19.0 Å². The van der Waals surface area contributed by atoms with E-state index in [1.54, 1.807) is 25.4 Å². The molecule has 1 aliphatic heterocycles. The Morgan fingerprint density at radius 2 is 2.35 bits per heavy atom. The molecule has 0 aliphatic carbocycles. The molecule has 2 rings (SSSR count). The normalized spacial score (nSPS) is 16.8. The number of hydrogen-bond acceptors (Lipinski definition) is 6. The molecule has 108 valence electrons. The van der Waals surface area contributed by atoms with Crippen LogP contribution < -0.4 is 5.43 Å². The largest absolute Gasteiger partial charge is 0.449 e. The van der Waals surface area contributed by atoms with E-state index in [4.69, 9.17) is 14.2 Å². The number of amides is 1. The highest BCUT2D eigenvalue weighted by molar-refractivity contribution is 6.02. The third-order valence-corrected chi connectivity index (χ3v) is 2.69. The molecule has 20 heavy (non-hydrogen) atoms. The van der Waals surface area contributed by atoms with Gasteiger partial charge >= 0.3 is 6.09 Å². The maximum Gasteiger partial charge on any atom is 0.427 e. The van der Waals surface area contributed by atoms with Crippen molar-refractivity contribution in [2.45, 2.75) is 6.92 Å². The van der Waals surface area contributed by atoms with Crippen LogP contribution in [0.2, 0.25) is 0 Å². The van der Waals surface area contributed by atoms with Crippen LogP contribution in [0.5, 0.6) is 0 Å². The summed E-state index contributed by atoms with van der Waals surface area (Å²) in [6.45, 7) is 3.27. The average molecular weight is 279 g/mol. The summed E-state index contributed by atoms with van der Waals surface area (Å²) < 4.78 is 15.3. The molecule has 1 aromatic heterocycles. The van der Waals surface area contributed by atoms with Crippen molar-refractivity contribution in [1.29, 1.82) is 0 Å². The minimum absolute atomic E-state index is 0.0603. The van der Waals surface area contributed by atoms with Crippen molar-refractivity contribution in [2.24, 2.45) is 11.0 Å². The highest BCUT2D eigenvalue weighted by Gasteiger charge is 2.22. The Morgan fingerprint density at radius 1 is 1.55 bits per heavy atom. The number of rotatable bonds is 4. The summed E-state index contributed by atoms with van der Waals surface area (Å²) in [5.41, 5.74) is 3.83. The quantitative estimate of drug-likeness (QED) is 0.660. The number of pyridine rings is 1. The number of ether oxygens (including phenoxy) is 3. The summed E-state index contributed by atoms with van der Waals surface area (Å²) in [6, 6.07) is 3.67. The van der Waals surface area contributed by atoms with Crippen molar-refractivity contribution in [3.8, 4) is 0 Å². The van der Waals surface area contributed by atoms with Gasteiger partial charge in [-0.1, -0.05) is 0 Å². The molecule has 1 fully saturated rings. The Balaban J connectivity index is 2.15. The van der Waals surface area contributed by atoms with Gasteiger partial charge in [0, 0.05) is 18.0 Å². The molecule has 0 spiro atoms. The molecular weight excluding hydrogens is 262 g/mol. The molecule has 1 amide bonds. The molecule has 0 unspecified atom stereocenters. The van der Waals surface area contributed by atoms with E-state index in [1.165, 1.54) is 0 Å². The lowest BCUT2D eigenvalue weighted by Gasteiger charge is -2.23. The summed E-state index contributed by atoms with van der Waals surface area (Å²) in [7, 11) is 0. The first-order valence-corrected chi connectivity index (χ1v) is 6.37. The summed E-state index contributed by atoms with van der Waals surface area (Å²) in [5.74, 6) is -0.0603. The predicted molar refractivity (Wildman–Crippen MR) is 71.2 cm³/mol. The van der Waals surface area contributed by atoms with E-state index >= 15 is 0 Å². The number of hydrogen-bond donors (Lipinski definition) is 1. The van der Waals surface area contributed by atoms with Gasteiger partial charge in [-0.2, -0.15) is 5.10 Å². The summed E-state index contributed by atoms with van der Waals surface area (Å²) in [5, 5.41) is 4.13. The fourth-order valence-corrected chi connectivity index (χ4v) is 1.82. The van der Waals surface area contributed by atoms with Crippen LogP contribution in [0.1, 0.15) is 12.5 Å². The van der Waals surface area contributed by atoms with Crippen molar-refractivity contribution in [1.82, 2.24) is 10.4 Å². The molecule has 7 nitrogen and oxygen atoms in total. The molecule has 1 aromatic rings. The molecule has 0 aromatic carbocycles. The van der Waals surface area contributed by atoms with E-state index < -0.39 is 6.09 Å². The standard InChI is InChI=1S/C13H17N3O4/c1-2-20-13(17)16-15-12(10-4-3-5-14-6-10)11-7-18-9-19-8-11/h3-6,11H,2,7-9H2,1H3,(H,16,17). The van der Waals surface area contributed by atoms with Crippen LogP contribution in [0.4, 0.5) is 4.79 Å². The monoisotopic (exact) mass is 279 g/mol. The Kier molecular flexibility index (Phi) is 5.45. The third-order valence-electron chi connectivity index (χ3n) is 2.69. The van der Waals surface area contributed by atoms with Crippen LogP contribution in [0.25, 0.3) is 0 Å². The minimum Gasteiger partial charge on any atom is -0.449 e. The Bertz CT molecular complexity index is 458. The lowest BCUT2D eigenvalue weighted by Crippen LogP contribution is -2.33. The van der Waals surface area contributed by atoms with Gasteiger partial charge in [0.15, 0.2) is 0 Å². The van der Waals surface area contributed by atoms with Gasteiger partial charge in [-0.15, -0.1) is 0 Å². The average Bonchev–Trinajstić information content (AvgIpc) is 2.50. The zero-order chi connectivity index (χ0) is 14.2. The van der Waals surface area contributed by atoms with Crippen LogP contribution in [0.3, 0.4) is 0 Å². The highest BCUT2D eigenvalue weighted by Crippen LogP contribution is 2.13. The predicted octanol–water partition coefficient (Wildman–Crippen LogP) is 1.15. The topological polar surface area (TPSA) is 82.0 Å². The number of carbonyl (C=O) groups is 1. The maximum atomic E-state index is 11.3. The highest BCUT2D eigenvalue weighted by atomic mass is 16.7. The first-order chi connectivity index (χ1) is 9.81. The summed E-state index contributed by atoms with van der Waals surface area (Å²) in [4.78, 5) is 15.4. The van der Waals surface area contributed by atoms with E-state index in [2.05, 4.69) is 15.5 Å². The van der Waals surface area contributed by atoms with Crippen LogP contribution in [-0.2, 0) is 14.2 Å². The van der Waals surface area contributed by atoms with Gasteiger partial charge < -0.3 is 14.2 Å². The molecule has 2 heterocycles. The first-order valence-electron chi connectivity index (χ1n) is 6.37. The summed E-state index contributed by atoms with van der Waals surface area (Å²) >= 11 is 0. The number of nitrogens with one attached hydrogen (secondary N) is 1. The Morgan fingerprint density at radius 3 is 3.00 bits per heavy atom. The lowest BCUT2D eigenvalue weighted by atomic mass is 9.99. The molecule has 0 radical (unpaired) electrons. The molecule has 1 saturated heterocycles. The van der Waals surface area contributed by atoms with E-state index in [9.17, 15) is 4.79 Å².